The second-order valence-electron chi connectivity index (χ2n) is 6.24. The molecule has 27 heavy (non-hydrogen) atoms. The molecule has 9 nitrogen and oxygen atoms in total. The number of hydrogen-bond donors (Lipinski definition) is 1. The van der Waals surface area contributed by atoms with Crippen LogP contribution >= 0.6 is 15.9 Å². The van der Waals surface area contributed by atoms with Crippen molar-refractivity contribution in [2.45, 2.75) is 33.4 Å². The lowest BCUT2D eigenvalue weighted by molar-refractivity contribution is -0.386. The average molecular weight is 439 g/mol. The van der Waals surface area contributed by atoms with Crippen LogP contribution in [0.3, 0.4) is 0 Å². The highest BCUT2D eigenvalue weighted by Crippen LogP contribution is 2.37. The highest BCUT2D eigenvalue weighted by Gasteiger charge is 2.24. The quantitative estimate of drug-likeness (QED) is 0.567. The first-order valence-electron chi connectivity index (χ1n) is 8.34. The van der Waals surface area contributed by atoms with Crippen LogP contribution in [0, 0.1) is 24.0 Å². The summed E-state index contributed by atoms with van der Waals surface area (Å²) in [7, 11) is 0. The first-order valence-corrected chi connectivity index (χ1v) is 9.14. The second-order valence-corrected chi connectivity index (χ2v) is 7.10. The Morgan fingerprint density at radius 3 is 2.59 bits per heavy atom. The van der Waals surface area contributed by atoms with Gasteiger partial charge in [0.2, 0.25) is 5.91 Å². The van der Waals surface area contributed by atoms with Crippen LogP contribution in [0.4, 0.5) is 5.69 Å². The number of nitrogens with one attached hydrogen (secondary N) is 1. The number of nitro groups is 1. The van der Waals surface area contributed by atoms with Gasteiger partial charge in [-0.25, -0.2) is 0 Å². The number of nitrogens with zero attached hydrogens (tertiary/aromatic N) is 3. The number of ether oxygens (including phenoxy) is 2. The molecule has 0 fully saturated rings. The molecule has 1 amide bonds. The zero-order valence-electron chi connectivity index (χ0n) is 15.1. The topological polar surface area (TPSA) is 109 Å². The number of rotatable bonds is 5. The van der Waals surface area contributed by atoms with Crippen molar-refractivity contribution in [1.82, 2.24) is 15.1 Å². The van der Waals surface area contributed by atoms with Crippen LogP contribution < -0.4 is 14.8 Å². The molecule has 1 aliphatic rings. The smallest absolute Gasteiger partial charge is 0.312 e. The lowest BCUT2D eigenvalue weighted by Crippen LogP contribution is -2.31. The van der Waals surface area contributed by atoms with E-state index in [2.05, 4.69) is 26.3 Å². The van der Waals surface area contributed by atoms with E-state index >= 15 is 0 Å². The lowest BCUT2D eigenvalue weighted by atomic mass is 10.1. The van der Waals surface area contributed by atoms with Gasteiger partial charge in [0.25, 0.3) is 0 Å². The zero-order chi connectivity index (χ0) is 19.7. The number of fused-ring (bicyclic) bond motifs is 1. The maximum Gasteiger partial charge on any atom is 0.312 e. The summed E-state index contributed by atoms with van der Waals surface area (Å²) in [6, 6.07) is 3.34. The Kier molecular flexibility index (Phi) is 5.36. The summed E-state index contributed by atoms with van der Waals surface area (Å²) in [5.74, 6) is 0.991. The molecule has 0 bridgehead atoms. The van der Waals surface area contributed by atoms with E-state index < -0.39 is 4.92 Å². The molecule has 0 spiro atoms. The van der Waals surface area contributed by atoms with Gasteiger partial charge in [0, 0.05) is 4.47 Å². The molecule has 0 saturated heterocycles. The molecule has 1 N–H and O–H groups in total. The monoisotopic (exact) mass is 438 g/mol. The molecule has 1 aliphatic heterocycles. The number of halogens is 1. The van der Waals surface area contributed by atoms with Crippen molar-refractivity contribution in [2.75, 3.05) is 13.2 Å². The Morgan fingerprint density at radius 2 is 2.00 bits per heavy atom. The molecule has 1 unspecified atom stereocenters. The van der Waals surface area contributed by atoms with E-state index in [1.54, 1.807) is 13.8 Å². The van der Waals surface area contributed by atoms with Crippen molar-refractivity contribution >= 4 is 27.5 Å². The third kappa shape index (κ3) is 3.90. The van der Waals surface area contributed by atoms with Gasteiger partial charge in [-0.1, -0.05) is 15.9 Å². The van der Waals surface area contributed by atoms with E-state index in [0.29, 0.717) is 30.4 Å². The van der Waals surface area contributed by atoms with E-state index in [0.717, 1.165) is 10.0 Å². The number of aromatic nitrogens is 2. The zero-order valence-corrected chi connectivity index (χ0v) is 16.7. The van der Waals surface area contributed by atoms with Gasteiger partial charge in [0.15, 0.2) is 11.5 Å². The van der Waals surface area contributed by atoms with Crippen LogP contribution in [-0.2, 0) is 11.3 Å². The summed E-state index contributed by atoms with van der Waals surface area (Å²) in [6.07, 6.45) is 0. The summed E-state index contributed by atoms with van der Waals surface area (Å²) < 4.78 is 13.3. The van der Waals surface area contributed by atoms with Crippen LogP contribution in [0.2, 0.25) is 0 Å². The Morgan fingerprint density at radius 1 is 1.37 bits per heavy atom. The number of carbonyl (C=O) groups excluding carboxylic acids is 1. The van der Waals surface area contributed by atoms with Gasteiger partial charge in [-0.05, 0) is 38.5 Å². The Bertz CT molecular complexity index is 911. The molecule has 1 aromatic heterocycles. The predicted molar refractivity (Wildman–Crippen MR) is 100 cm³/mol. The highest BCUT2D eigenvalue weighted by atomic mass is 79.9. The van der Waals surface area contributed by atoms with Crippen molar-refractivity contribution in [2.24, 2.45) is 0 Å². The normalized spacial score (nSPS) is 13.9. The minimum absolute atomic E-state index is 0.0644. The maximum absolute atomic E-state index is 12.4. The minimum atomic E-state index is -0.485. The second kappa shape index (κ2) is 7.55. The Labute approximate surface area is 163 Å². The number of carbonyl (C=O) groups is 1. The molecule has 2 aromatic rings. The number of benzene rings is 1. The fourth-order valence-corrected chi connectivity index (χ4v) is 3.68. The standard InChI is InChI=1S/C17H19BrN4O5/c1-9(12-6-14-15(7-13(12)18)27-5-4-26-14)19-16(23)8-21-11(3)17(22(24)25)10(2)20-21/h6-7,9H,4-5,8H2,1-3H3,(H,19,23). The molecule has 144 valence electrons. The molecule has 0 radical (unpaired) electrons. The van der Waals surface area contributed by atoms with Crippen LogP contribution in [0.15, 0.2) is 16.6 Å². The van der Waals surface area contributed by atoms with Gasteiger partial charge in [-0.2, -0.15) is 5.10 Å². The van der Waals surface area contributed by atoms with Crippen molar-refractivity contribution < 1.29 is 19.2 Å². The largest absolute Gasteiger partial charge is 0.486 e. The Hall–Kier alpha value is -2.62. The number of aryl methyl sites for hydroxylation is 1. The van der Waals surface area contributed by atoms with Gasteiger partial charge in [-0.15, -0.1) is 0 Å². The summed E-state index contributed by atoms with van der Waals surface area (Å²) in [5.41, 5.74) is 1.41. The van der Waals surface area contributed by atoms with Crippen LogP contribution in [0.1, 0.15) is 29.9 Å². The highest BCUT2D eigenvalue weighted by molar-refractivity contribution is 9.10. The van der Waals surface area contributed by atoms with Crippen molar-refractivity contribution in [3.05, 3.63) is 43.7 Å². The van der Waals surface area contributed by atoms with E-state index in [9.17, 15) is 14.9 Å². The Balaban J connectivity index is 1.73. The van der Waals surface area contributed by atoms with Gasteiger partial charge in [-0.3, -0.25) is 19.6 Å². The van der Waals surface area contributed by atoms with Crippen molar-refractivity contribution in [3.63, 3.8) is 0 Å². The number of amides is 1. The van der Waals surface area contributed by atoms with E-state index in [4.69, 9.17) is 9.47 Å². The van der Waals surface area contributed by atoms with Gasteiger partial charge in [0.05, 0.1) is 11.0 Å². The van der Waals surface area contributed by atoms with E-state index in [-0.39, 0.29) is 29.9 Å². The van der Waals surface area contributed by atoms with Crippen LogP contribution in [-0.4, -0.2) is 33.8 Å². The molecule has 1 aromatic carbocycles. The molecule has 10 heteroatoms. The fourth-order valence-electron chi connectivity index (χ4n) is 3.02. The van der Waals surface area contributed by atoms with E-state index in [1.165, 1.54) is 4.68 Å². The summed E-state index contributed by atoms with van der Waals surface area (Å²) in [5, 5.41) is 18.1. The molecule has 2 heterocycles. The fraction of sp³-hybridized carbons (Fsp3) is 0.412. The van der Waals surface area contributed by atoms with E-state index in [1.807, 2.05) is 19.1 Å². The molecular weight excluding hydrogens is 420 g/mol. The van der Waals surface area contributed by atoms with Gasteiger partial charge < -0.3 is 14.8 Å². The molecule has 3 rings (SSSR count). The third-order valence-corrected chi connectivity index (χ3v) is 5.01. The molecule has 0 aliphatic carbocycles. The minimum Gasteiger partial charge on any atom is -0.486 e. The molecule has 0 saturated carbocycles. The predicted octanol–water partition coefficient (Wildman–Crippen LogP) is 2.82. The maximum atomic E-state index is 12.4. The molecular formula is C17H19BrN4O5. The first-order chi connectivity index (χ1) is 12.8. The lowest BCUT2D eigenvalue weighted by Gasteiger charge is -2.22. The number of hydrogen-bond acceptors (Lipinski definition) is 6. The average Bonchev–Trinajstić information content (AvgIpc) is 2.87. The van der Waals surface area contributed by atoms with Crippen LogP contribution in [0.5, 0.6) is 11.5 Å². The summed E-state index contributed by atoms with van der Waals surface area (Å²) in [6.45, 7) is 5.84. The first kappa shape index (κ1) is 19.2. The summed E-state index contributed by atoms with van der Waals surface area (Å²) in [4.78, 5) is 23.0. The van der Waals surface area contributed by atoms with Gasteiger partial charge >= 0.3 is 5.69 Å². The summed E-state index contributed by atoms with van der Waals surface area (Å²) >= 11 is 3.49. The van der Waals surface area contributed by atoms with Crippen molar-refractivity contribution in [1.29, 1.82) is 0 Å². The third-order valence-electron chi connectivity index (χ3n) is 4.32. The van der Waals surface area contributed by atoms with Crippen molar-refractivity contribution in [3.8, 4) is 11.5 Å². The van der Waals surface area contributed by atoms with Crippen LogP contribution in [0.25, 0.3) is 0 Å². The van der Waals surface area contributed by atoms with Gasteiger partial charge in [0.1, 0.15) is 31.1 Å². The SMILES string of the molecule is Cc1nn(CC(=O)NC(C)c2cc3c(cc2Br)OCCO3)c(C)c1[N+](=O)[O-]. The molecule has 1 atom stereocenters.